The molecule has 2 unspecified atom stereocenters. The Hall–Kier alpha value is -0.880. The quantitative estimate of drug-likeness (QED) is 0.579. The van der Waals surface area contributed by atoms with Gasteiger partial charge in [0, 0.05) is 0 Å². The minimum absolute atomic E-state index is 0.406. The van der Waals surface area contributed by atoms with Gasteiger partial charge in [0.1, 0.15) is 12.4 Å². The molecule has 0 aliphatic carbocycles. The lowest BCUT2D eigenvalue weighted by molar-refractivity contribution is -0.116. The van der Waals surface area contributed by atoms with Crippen molar-refractivity contribution in [1.82, 2.24) is 0 Å². The molecule has 56 valence electrons. The van der Waals surface area contributed by atoms with Crippen LogP contribution < -0.4 is 0 Å². The molecule has 0 saturated heterocycles. The Kier molecular flexibility index (Phi) is 4.51. The lowest BCUT2D eigenvalue weighted by Gasteiger charge is -2.07. The van der Waals surface area contributed by atoms with E-state index < -0.39 is 12.0 Å². The van der Waals surface area contributed by atoms with Crippen molar-refractivity contribution in [2.45, 2.75) is 25.9 Å². The molecule has 0 aromatic carbocycles. The Morgan fingerprint density at radius 1 is 1.80 bits per heavy atom. The van der Waals surface area contributed by atoms with E-state index in [4.69, 9.17) is 10.4 Å². The molecule has 0 radical (unpaired) electrons. The molecule has 0 aliphatic rings. The molecule has 0 aromatic heterocycles. The number of aldehydes is 1. The number of hydrogen-bond donors (Lipinski definition) is 1. The van der Waals surface area contributed by atoms with Crippen molar-refractivity contribution >= 4 is 6.29 Å². The highest BCUT2D eigenvalue weighted by atomic mass is 16.3. The van der Waals surface area contributed by atoms with Gasteiger partial charge in [-0.05, 0) is 6.42 Å². The van der Waals surface area contributed by atoms with E-state index in [-0.39, 0.29) is 0 Å². The van der Waals surface area contributed by atoms with Crippen LogP contribution in [0, 0.1) is 17.2 Å². The highest BCUT2D eigenvalue weighted by molar-refractivity contribution is 5.56. The van der Waals surface area contributed by atoms with Gasteiger partial charge in [0.15, 0.2) is 0 Å². The lowest BCUT2D eigenvalue weighted by Crippen LogP contribution is -2.19. The van der Waals surface area contributed by atoms with Gasteiger partial charge in [-0.2, -0.15) is 5.26 Å². The van der Waals surface area contributed by atoms with Gasteiger partial charge < -0.3 is 9.90 Å². The summed E-state index contributed by atoms with van der Waals surface area (Å²) in [5.74, 6) is -0.525. The van der Waals surface area contributed by atoms with E-state index in [9.17, 15) is 4.79 Å². The van der Waals surface area contributed by atoms with Crippen LogP contribution in [0.15, 0.2) is 0 Å². The molecule has 3 nitrogen and oxygen atoms in total. The number of nitrogens with zero attached hydrogens (tertiary/aromatic N) is 1. The summed E-state index contributed by atoms with van der Waals surface area (Å²) in [7, 11) is 0. The molecular formula is C7H11NO2. The molecular weight excluding hydrogens is 130 g/mol. The third-order valence-electron chi connectivity index (χ3n) is 1.32. The van der Waals surface area contributed by atoms with Crippen LogP contribution in [0.1, 0.15) is 19.8 Å². The topological polar surface area (TPSA) is 61.1 Å². The smallest absolute Gasteiger partial charge is 0.149 e. The molecule has 1 N–H and O–H groups in total. The predicted octanol–water partition coefficient (Wildman–Crippen LogP) is 0.486. The summed E-state index contributed by atoms with van der Waals surface area (Å²) in [4.78, 5) is 9.98. The van der Waals surface area contributed by atoms with Crippen molar-refractivity contribution in [3.05, 3.63) is 0 Å². The van der Waals surface area contributed by atoms with Crippen LogP contribution in [-0.4, -0.2) is 17.5 Å². The predicted molar refractivity (Wildman–Crippen MR) is 36.1 cm³/mol. The highest BCUT2D eigenvalue weighted by Gasteiger charge is 2.15. The summed E-state index contributed by atoms with van der Waals surface area (Å²) in [5.41, 5.74) is 0. The van der Waals surface area contributed by atoms with Crippen molar-refractivity contribution in [2.75, 3.05) is 0 Å². The Bertz CT molecular complexity index is 139. The summed E-state index contributed by atoms with van der Waals surface area (Å²) in [6.45, 7) is 1.90. The van der Waals surface area contributed by atoms with E-state index in [1.54, 1.807) is 0 Å². The average molecular weight is 141 g/mol. The van der Waals surface area contributed by atoms with E-state index in [1.807, 2.05) is 13.0 Å². The van der Waals surface area contributed by atoms with Gasteiger partial charge in [0.05, 0.1) is 12.0 Å². The molecule has 0 bridgehead atoms. The van der Waals surface area contributed by atoms with Crippen LogP contribution in [0.4, 0.5) is 0 Å². The number of aliphatic hydroxyl groups is 1. The van der Waals surface area contributed by atoms with Gasteiger partial charge in [-0.15, -0.1) is 0 Å². The fourth-order valence-corrected chi connectivity index (χ4v) is 0.718. The lowest BCUT2D eigenvalue weighted by atomic mass is 10.0. The fraction of sp³-hybridized carbons (Fsp3) is 0.714. The van der Waals surface area contributed by atoms with Gasteiger partial charge in [-0.3, -0.25) is 0 Å². The zero-order valence-electron chi connectivity index (χ0n) is 5.95. The standard InChI is InChI=1S/C7H11NO2/c1-2-3-6(4-8)7(10)5-9/h5-7,10H,2-3H2,1H3. The van der Waals surface area contributed by atoms with Crippen LogP contribution in [0.3, 0.4) is 0 Å². The Morgan fingerprint density at radius 3 is 2.70 bits per heavy atom. The third kappa shape index (κ3) is 2.60. The van der Waals surface area contributed by atoms with E-state index in [0.29, 0.717) is 12.7 Å². The SMILES string of the molecule is CCCC(C#N)C(O)C=O. The van der Waals surface area contributed by atoms with Crippen molar-refractivity contribution in [3.8, 4) is 6.07 Å². The second-order valence-electron chi connectivity index (χ2n) is 2.15. The van der Waals surface area contributed by atoms with Crippen LogP contribution in [0.5, 0.6) is 0 Å². The molecule has 0 rings (SSSR count). The van der Waals surface area contributed by atoms with Gasteiger partial charge in [0.25, 0.3) is 0 Å². The van der Waals surface area contributed by atoms with Crippen molar-refractivity contribution < 1.29 is 9.90 Å². The van der Waals surface area contributed by atoms with Gasteiger partial charge in [0.2, 0.25) is 0 Å². The first-order valence-corrected chi connectivity index (χ1v) is 3.29. The first kappa shape index (κ1) is 9.12. The molecule has 0 saturated carbocycles. The molecule has 0 spiro atoms. The number of carbonyl (C=O) groups is 1. The van der Waals surface area contributed by atoms with Crippen LogP contribution in [0.2, 0.25) is 0 Å². The zero-order valence-corrected chi connectivity index (χ0v) is 5.95. The maximum atomic E-state index is 9.98. The monoisotopic (exact) mass is 141 g/mol. The molecule has 0 fully saturated rings. The molecule has 0 amide bonds. The Labute approximate surface area is 60.3 Å². The number of hydrogen-bond acceptors (Lipinski definition) is 3. The van der Waals surface area contributed by atoms with Gasteiger partial charge >= 0.3 is 0 Å². The third-order valence-corrected chi connectivity index (χ3v) is 1.32. The fourth-order valence-electron chi connectivity index (χ4n) is 0.718. The summed E-state index contributed by atoms with van der Waals surface area (Å²) in [6.07, 6.45) is 0.688. The summed E-state index contributed by atoms with van der Waals surface area (Å²) >= 11 is 0. The molecule has 0 heterocycles. The van der Waals surface area contributed by atoms with E-state index >= 15 is 0 Å². The van der Waals surface area contributed by atoms with Crippen molar-refractivity contribution in [3.63, 3.8) is 0 Å². The van der Waals surface area contributed by atoms with Gasteiger partial charge in [-0.1, -0.05) is 13.3 Å². The number of aliphatic hydroxyl groups excluding tert-OH is 1. The Balaban J connectivity index is 3.82. The molecule has 0 aromatic rings. The van der Waals surface area contributed by atoms with Gasteiger partial charge in [-0.25, -0.2) is 0 Å². The summed E-state index contributed by atoms with van der Waals surface area (Å²) in [6, 6.07) is 1.87. The summed E-state index contributed by atoms with van der Waals surface area (Å²) in [5, 5.41) is 17.2. The van der Waals surface area contributed by atoms with Crippen molar-refractivity contribution in [1.29, 1.82) is 5.26 Å². The normalized spacial score (nSPS) is 15.3. The minimum atomic E-state index is -1.11. The second-order valence-corrected chi connectivity index (χ2v) is 2.15. The number of carbonyl (C=O) groups excluding carboxylic acids is 1. The maximum absolute atomic E-state index is 9.98. The molecule has 0 aliphatic heterocycles. The number of rotatable bonds is 4. The molecule has 2 atom stereocenters. The first-order chi connectivity index (χ1) is 4.76. The average Bonchev–Trinajstić information content (AvgIpc) is 1.99. The van der Waals surface area contributed by atoms with Crippen molar-refractivity contribution in [2.24, 2.45) is 5.92 Å². The van der Waals surface area contributed by atoms with E-state index in [2.05, 4.69) is 0 Å². The molecule has 3 heteroatoms. The van der Waals surface area contributed by atoms with Crippen LogP contribution in [0.25, 0.3) is 0 Å². The van der Waals surface area contributed by atoms with Crippen LogP contribution >= 0.6 is 0 Å². The van der Waals surface area contributed by atoms with E-state index in [0.717, 1.165) is 6.42 Å². The maximum Gasteiger partial charge on any atom is 0.149 e. The molecule has 10 heavy (non-hydrogen) atoms. The van der Waals surface area contributed by atoms with E-state index in [1.165, 1.54) is 0 Å². The van der Waals surface area contributed by atoms with Crippen LogP contribution in [-0.2, 0) is 4.79 Å². The minimum Gasteiger partial charge on any atom is -0.384 e. The number of nitriles is 1. The Morgan fingerprint density at radius 2 is 2.40 bits per heavy atom. The largest absolute Gasteiger partial charge is 0.384 e. The first-order valence-electron chi connectivity index (χ1n) is 3.29. The summed E-state index contributed by atoms with van der Waals surface area (Å²) < 4.78 is 0. The highest BCUT2D eigenvalue weighted by Crippen LogP contribution is 2.08. The zero-order chi connectivity index (χ0) is 7.98. The second kappa shape index (κ2) is 4.95.